The predicted octanol–water partition coefficient (Wildman–Crippen LogP) is 2.09. The van der Waals surface area contributed by atoms with E-state index in [1.807, 2.05) is 6.92 Å². The van der Waals surface area contributed by atoms with Crippen LogP contribution in [0.2, 0.25) is 0 Å². The molecule has 0 bridgehead atoms. The van der Waals surface area contributed by atoms with Gasteiger partial charge in [-0.3, -0.25) is 4.79 Å². The number of halogens is 2. The number of rotatable bonds is 4. The van der Waals surface area contributed by atoms with E-state index >= 15 is 0 Å². The summed E-state index contributed by atoms with van der Waals surface area (Å²) >= 11 is 3.01. The fourth-order valence-electron chi connectivity index (χ4n) is 1.18. The molecular formula is C11H13BrFNO2. The highest BCUT2D eigenvalue weighted by Gasteiger charge is 2.12. The van der Waals surface area contributed by atoms with Crippen molar-refractivity contribution in [3.8, 4) is 0 Å². The summed E-state index contributed by atoms with van der Waals surface area (Å²) in [5.74, 6) is -0.729. The fraction of sp³-hybridized carbons (Fsp3) is 0.364. The van der Waals surface area contributed by atoms with Gasteiger partial charge in [0.25, 0.3) is 5.91 Å². The second-order valence-corrected chi connectivity index (χ2v) is 4.24. The maximum absolute atomic E-state index is 12.9. The number of amides is 1. The first-order valence-corrected chi connectivity index (χ1v) is 5.74. The highest BCUT2D eigenvalue weighted by molar-refractivity contribution is 9.10. The maximum atomic E-state index is 12.9. The van der Waals surface area contributed by atoms with Crippen LogP contribution in [0.4, 0.5) is 4.39 Å². The van der Waals surface area contributed by atoms with E-state index in [0.29, 0.717) is 12.0 Å². The van der Waals surface area contributed by atoms with E-state index < -0.39 is 5.82 Å². The van der Waals surface area contributed by atoms with E-state index in [1.165, 1.54) is 18.2 Å². The molecule has 0 saturated carbocycles. The molecule has 1 atom stereocenters. The van der Waals surface area contributed by atoms with Gasteiger partial charge >= 0.3 is 0 Å². The van der Waals surface area contributed by atoms with Gasteiger partial charge in [0, 0.05) is 5.56 Å². The summed E-state index contributed by atoms with van der Waals surface area (Å²) < 4.78 is 13.2. The van der Waals surface area contributed by atoms with Crippen molar-refractivity contribution in [2.45, 2.75) is 19.4 Å². The zero-order valence-corrected chi connectivity index (χ0v) is 10.4. The van der Waals surface area contributed by atoms with E-state index in [1.54, 1.807) is 0 Å². The Morgan fingerprint density at radius 1 is 1.62 bits per heavy atom. The minimum absolute atomic E-state index is 0.107. The van der Waals surface area contributed by atoms with Gasteiger partial charge in [0.05, 0.1) is 17.1 Å². The molecule has 1 amide bonds. The Balaban J connectivity index is 2.76. The second kappa shape index (κ2) is 5.96. The summed E-state index contributed by atoms with van der Waals surface area (Å²) in [6, 6.07) is 3.77. The third-order valence-corrected chi connectivity index (χ3v) is 2.84. The number of benzene rings is 1. The summed E-state index contributed by atoms with van der Waals surface area (Å²) in [7, 11) is 0. The maximum Gasteiger partial charge on any atom is 0.251 e. The van der Waals surface area contributed by atoms with E-state index in [-0.39, 0.29) is 23.0 Å². The van der Waals surface area contributed by atoms with E-state index in [4.69, 9.17) is 5.11 Å². The van der Waals surface area contributed by atoms with Crippen molar-refractivity contribution < 1.29 is 14.3 Å². The molecule has 0 aliphatic rings. The van der Waals surface area contributed by atoms with Gasteiger partial charge in [-0.25, -0.2) is 4.39 Å². The molecule has 5 heteroatoms. The van der Waals surface area contributed by atoms with Crippen molar-refractivity contribution in [2.75, 3.05) is 6.61 Å². The van der Waals surface area contributed by atoms with Gasteiger partial charge < -0.3 is 10.4 Å². The van der Waals surface area contributed by atoms with Gasteiger partial charge in [-0.1, -0.05) is 6.92 Å². The number of hydrogen-bond donors (Lipinski definition) is 2. The van der Waals surface area contributed by atoms with Gasteiger partial charge in [-0.2, -0.15) is 0 Å². The summed E-state index contributed by atoms with van der Waals surface area (Å²) in [6.45, 7) is 1.76. The molecule has 1 unspecified atom stereocenters. The van der Waals surface area contributed by atoms with Gasteiger partial charge in [0.15, 0.2) is 0 Å². The molecular weight excluding hydrogens is 277 g/mol. The average molecular weight is 290 g/mol. The lowest BCUT2D eigenvalue weighted by atomic mass is 10.2. The molecule has 0 aromatic heterocycles. The van der Waals surface area contributed by atoms with Crippen molar-refractivity contribution >= 4 is 21.8 Å². The van der Waals surface area contributed by atoms with Crippen LogP contribution in [0.1, 0.15) is 23.7 Å². The predicted molar refractivity (Wildman–Crippen MR) is 62.7 cm³/mol. The van der Waals surface area contributed by atoms with Gasteiger partial charge in [-0.05, 0) is 40.5 Å². The molecule has 16 heavy (non-hydrogen) atoms. The Kier molecular flexibility index (Phi) is 4.89. The third-order valence-electron chi connectivity index (χ3n) is 2.23. The highest BCUT2D eigenvalue weighted by atomic mass is 79.9. The molecule has 88 valence electrons. The normalized spacial score (nSPS) is 12.2. The smallest absolute Gasteiger partial charge is 0.251 e. The van der Waals surface area contributed by atoms with Crippen LogP contribution < -0.4 is 5.32 Å². The number of carbonyl (C=O) groups is 1. The lowest BCUT2D eigenvalue weighted by molar-refractivity contribution is 0.0915. The third kappa shape index (κ3) is 3.28. The fourth-order valence-corrected chi connectivity index (χ4v) is 1.56. The lowest BCUT2D eigenvalue weighted by Gasteiger charge is -2.14. The lowest BCUT2D eigenvalue weighted by Crippen LogP contribution is -2.36. The molecule has 1 rings (SSSR count). The van der Waals surface area contributed by atoms with Crippen molar-refractivity contribution in [2.24, 2.45) is 0 Å². The quantitative estimate of drug-likeness (QED) is 0.892. The first-order valence-electron chi connectivity index (χ1n) is 4.95. The van der Waals surface area contributed by atoms with E-state index in [2.05, 4.69) is 21.2 Å². The Bertz CT molecular complexity index is 380. The number of aliphatic hydroxyl groups excluding tert-OH is 1. The first-order chi connectivity index (χ1) is 7.58. The molecule has 1 aromatic carbocycles. The Labute approximate surface area is 102 Å². The standard InChI is InChI=1S/C11H13BrFNO2/c1-2-8(6-15)14-11(16)7-3-4-10(13)9(12)5-7/h3-5,8,15H,2,6H2,1H3,(H,14,16). The summed E-state index contributed by atoms with van der Waals surface area (Å²) in [5, 5.41) is 11.6. The van der Waals surface area contributed by atoms with Crippen molar-refractivity contribution in [1.29, 1.82) is 0 Å². The van der Waals surface area contributed by atoms with Crippen molar-refractivity contribution in [3.63, 3.8) is 0 Å². The molecule has 1 aromatic rings. The van der Waals surface area contributed by atoms with Crippen LogP contribution in [0.5, 0.6) is 0 Å². The monoisotopic (exact) mass is 289 g/mol. The van der Waals surface area contributed by atoms with Crippen molar-refractivity contribution in [1.82, 2.24) is 5.32 Å². The molecule has 2 N–H and O–H groups in total. The van der Waals surface area contributed by atoms with E-state index in [9.17, 15) is 9.18 Å². The number of nitrogens with one attached hydrogen (secondary N) is 1. The zero-order chi connectivity index (χ0) is 12.1. The van der Waals surface area contributed by atoms with Gasteiger partial charge in [0.2, 0.25) is 0 Å². The topological polar surface area (TPSA) is 49.3 Å². The molecule has 0 heterocycles. The zero-order valence-electron chi connectivity index (χ0n) is 8.84. The largest absolute Gasteiger partial charge is 0.394 e. The van der Waals surface area contributed by atoms with Crippen LogP contribution in [0.25, 0.3) is 0 Å². The summed E-state index contributed by atoms with van der Waals surface area (Å²) in [5.41, 5.74) is 0.361. The van der Waals surface area contributed by atoms with Crippen LogP contribution in [-0.2, 0) is 0 Å². The number of hydrogen-bond acceptors (Lipinski definition) is 2. The van der Waals surface area contributed by atoms with Crippen LogP contribution >= 0.6 is 15.9 Å². The Morgan fingerprint density at radius 2 is 2.31 bits per heavy atom. The van der Waals surface area contributed by atoms with Gasteiger partial charge in [0.1, 0.15) is 5.82 Å². The van der Waals surface area contributed by atoms with E-state index in [0.717, 1.165) is 0 Å². The molecule has 0 aliphatic carbocycles. The average Bonchev–Trinajstić information content (AvgIpc) is 2.29. The number of carbonyl (C=O) groups excluding carboxylic acids is 1. The minimum Gasteiger partial charge on any atom is -0.394 e. The minimum atomic E-state index is -0.411. The molecule has 0 spiro atoms. The second-order valence-electron chi connectivity index (χ2n) is 3.39. The summed E-state index contributed by atoms with van der Waals surface area (Å²) in [4.78, 5) is 11.7. The highest BCUT2D eigenvalue weighted by Crippen LogP contribution is 2.16. The van der Waals surface area contributed by atoms with Gasteiger partial charge in [-0.15, -0.1) is 0 Å². The molecule has 0 fully saturated rings. The van der Waals surface area contributed by atoms with Crippen molar-refractivity contribution in [3.05, 3.63) is 34.1 Å². The Morgan fingerprint density at radius 3 is 2.81 bits per heavy atom. The van der Waals surface area contributed by atoms with Crippen LogP contribution in [0.15, 0.2) is 22.7 Å². The molecule has 0 radical (unpaired) electrons. The van der Waals surface area contributed by atoms with Crippen LogP contribution in [0.3, 0.4) is 0 Å². The van der Waals surface area contributed by atoms with Crippen LogP contribution in [-0.4, -0.2) is 23.7 Å². The number of aliphatic hydroxyl groups is 1. The summed E-state index contributed by atoms with van der Waals surface area (Å²) in [6.07, 6.45) is 0.643. The molecule has 0 saturated heterocycles. The Hall–Kier alpha value is -0.940. The SMILES string of the molecule is CCC(CO)NC(=O)c1ccc(F)c(Br)c1. The first kappa shape index (κ1) is 13.1. The molecule has 3 nitrogen and oxygen atoms in total. The van der Waals surface area contributed by atoms with Crippen LogP contribution in [0, 0.1) is 5.82 Å². The molecule has 0 aliphatic heterocycles.